The largest absolute Gasteiger partial charge is 0.493 e. The molecule has 9 rings (SSSR count). The molecule has 0 atom stereocenters. The Hall–Kier alpha value is -6.84. The van der Waals surface area contributed by atoms with E-state index in [2.05, 4.69) is 65.4 Å². The molecule has 3 aromatic heterocycles. The van der Waals surface area contributed by atoms with E-state index in [0.717, 1.165) is 51.4 Å². The maximum Gasteiger partial charge on any atom is 0.168 e. The van der Waals surface area contributed by atoms with E-state index in [0.29, 0.717) is 189 Å². The van der Waals surface area contributed by atoms with Gasteiger partial charge in [0, 0.05) is 17.1 Å². The topological polar surface area (TPSA) is 183 Å². The molecule has 8 bridgehead atoms. The zero-order valence-electron chi connectivity index (χ0n) is 43.2. The summed E-state index contributed by atoms with van der Waals surface area (Å²) in [5, 5.41) is 2.65. The minimum atomic E-state index is 0. The first-order chi connectivity index (χ1) is 35.4. The molecular weight excluding hydrogens is 976 g/mol. The molecule has 5 heterocycles. The minimum Gasteiger partial charge on any atom is -0.493 e. The summed E-state index contributed by atoms with van der Waals surface area (Å²) in [5.41, 5.74) is 4.29. The van der Waals surface area contributed by atoms with Crippen molar-refractivity contribution in [3.05, 3.63) is 48.5 Å². The van der Waals surface area contributed by atoms with Gasteiger partial charge in [-0.15, -0.1) is 0 Å². The van der Waals surface area contributed by atoms with Crippen LogP contribution < -0.4 is 37.9 Å². The van der Waals surface area contributed by atoms with Crippen LogP contribution in [0.1, 0.15) is 107 Å². The molecular formula is C56H66CuN8O8. The first kappa shape index (κ1) is 52.5. The van der Waals surface area contributed by atoms with E-state index in [-0.39, 0.29) is 17.1 Å². The van der Waals surface area contributed by atoms with Gasteiger partial charge in [0.15, 0.2) is 23.3 Å². The van der Waals surface area contributed by atoms with Crippen molar-refractivity contribution in [2.75, 3.05) is 52.9 Å². The number of aromatic nitrogens is 8. The summed E-state index contributed by atoms with van der Waals surface area (Å²) in [4.78, 5) is 39.7. The van der Waals surface area contributed by atoms with Crippen LogP contribution in [0.4, 0.5) is 0 Å². The van der Waals surface area contributed by atoms with Gasteiger partial charge >= 0.3 is 0 Å². The van der Waals surface area contributed by atoms with Crippen LogP contribution in [0.5, 0.6) is 46.0 Å². The Morgan fingerprint density at radius 2 is 0.452 bits per heavy atom. The second-order valence-corrected chi connectivity index (χ2v) is 17.6. The molecule has 17 heteroatoms. The number of ether oxygens (including phenoxy) is 8. The van der Waals surface area contributed by atoms with Gasteiger partial charge in [-0.2, -0.15) is 0 Å². The smallest absolute Gasteiger partial charge is 0.168 e. The number of hydrogen-bond acceptors (Lipinski definition) is 14. The number of benzene rings is 4. The second-order valence-electron chi connectivity index (χ2n) is 17.6. The van der Waals surface area contributed by atoms with E-state index in [1.807, 2.05) is 48.5 Å². The van der Waals surface area contributed by atoms with Crippen molar-refractivity contribution >= 4 is 44.1 Å². The Kier molecular flexibility index (Phi) is 17.4. The number of fused-ring (bicyclic) bond motifs is 20. The minimum absolute atomic E-state index is 0. The maximum absolute atomic E-state index is 6.53. The molecule has 16 nitrogen and oxygen atoms in total. The van der Waals surface area contributed by atoms with Crippen LogP contribution in [0.25, 0.3) is 89.7 Å². The van der Waals surface area contributed by atoms with Gasteiger partial charge in [-0.05, 0) is 99.9 Å². The molecule has 2 aliphatic rings. The van der Waals surface area contributed by atoms with E-state index in [1.165, 1.54) is 0 Å². The molecule has 0 fully saturated rings. The molecule has 2 N–H and O–H groups in total. The Morgan fingerprint density at radius 1 is 0.274 bits per heavy atom. The Morgan fingerprint density at radius 3 is 0.644 bits per heavy atom. The van der Waals surface area contributed by atoms with Crippen LogP contribution in [-0.4, -0.2) is 92.7 Å². The predicted molar refractivity (Wildman–Crippen MR) is 282 cm³/mol. The van der Waals surface area contributed by atoms with Crippen molar-refractivity contribution < 1.29 is 55.0 Å². The Bertz CT molecular complexity index is 2830. The third kappa shape index (κ3) is 10.5. The summed E-state index contributed by atoms with van der Waals surface area (Å²) >= 11 is 0. The van der Waals surface area contributed by atoms with Gasteiger partial charge in [0.25, 0.3) is 0 Å². The fourth-order valence-electron chi connectivity index (χ4n) is 8.73. The van der Waals surface area contributed by atoms with Crippen molar-refractivity contribution in [3.8, 4) is 91.5 Å². The van der Waals surface area contributed by atoms with Crippen LogP contribution in [0.3, 0.4) is 0 Å². The van der Waals surface area contributed by atoms with Crippen LogP contribution in [0, 0.1) is 0 Å². The molecule has 389 valence electrons. The first-order valence-corrected chi connectivity index (χ1v) is 25.9. The SMILES string of the molecule is CCCOc1ccc(OCCC)c2c1-c1nc-2nc2[nH]c(nc3nc(nc4[nH]c(n1)c1c(OCCC)ccc(OCCC)c41)-c1c(OCCC)ccc(OCCC)c1-3)c1c(OCCC)ccc(OCCC)c21.[Cu]. The molecule has 0 saturated carbocycles. The number of aromatic amines is 2. The molecule has 0 aliphatic carbocycles. The molecule has 0 unspecified atom stereocenters. The number of rotatable bonds is 24. The zero-order valence-corrected chi connectivity index (χ0v) is 44.1. The van der Waals surface area contributed by atoms with Crippen molar-refractivity contribution in [1.82, 2.24) is 39.9 Å². The van der Waals surface area contributed by atoms with E-state index < -0.39 is 0 Å². The molecule has 0 amide bonds. The van der Waals surface area contributed by atoms with E-state index in [9.17, 15) is 0 Å². The third-order valence-corrected chi connectivity index (χ3v) is 11.8. The fourth-order valence-corrected chi connectivity index (χ4v) is 8.73. The van der Waals surface area contributed by atoms with Crippen LogP contribution in [0.2, 0.25) is 0 Å². The van der Waals surface area contributed by atoms with Crippen molar-refractivity contribution in [2.45, 2.75) is 107 Å². The Labute approximate surface area is 436 Å². The van der Waals surface area contributed by atoms with E-state index >= 15 is 0 Å². The van der Waals surface area contributed by atoms with Gasteiger partial charge in [0.2, 0.25) is 0 Å². The van der Waals surface area contributed by atoms with Gasteiger partial charge in [-0.1, -0.05) is 55.4 Å². The van der Waals surface area contributed by atoms with E-state index in [4.69, 9.17) is 67.8 Å². The van der Waals surface area contributed by atoms with Crippen LogP contribution >= 0.6 is 0 Å². The molecule has 0 saturated heterocycles. The summed E-state index contributed by atoms with van der Waals surface area (Å²) in [5.74, 6) is 6.16. The molecule has 2 aliphatic heterocycles. The Balaban J connectivity index is 0.00000711. The fraction of sp³-hybridized carbons (Fsp3) is 0.429. The van der Waals surface area contributed by atoms with Gasteiger partial charge in [-0.25, -0.2) is 29.9 Å². The summed E-state index contributed by atoms with van der Waals surface area (Å²) in [6, 6.07) is 15.4. The number of hydrogen-bond donors (Lipinski definition) is 2. The zero-order chi connectivity index (χ0) is 50.1. The van der Waals surface area contributed by atoms with Gasteiger partial charge in [-0.3, -0.25) is 0 Å². The summed E-state index contributed by atoms with van der Waals surface area (Å²) < 4.78 is 52.2. The van der Waals surface area contributed by atoms with Crippen LogP contribution in [-0.2, 0) is 17.1 Å². The van der Waals surface area contributed by atoms with Crippen molar-refractivity contribution in [3.63, 3.8) is 0 Å². The monoisotopic (exact) mass is 1040 g/mol. The second kappa shape index (κ2) is 24.3. The number of nitrogens with zero attached hydrogens (tertiary/aromatic N) is 6. The molecule has 4 aromatic carbocycles. The van der Waals surface area contributed by atoms with Gasteiger partial charge < -0.3 is 47.9 Å². The molecule has 7 aromatic rings. The average molecular weight is 1040 g/mol. The standard InChI is InChI=1S/C56H66N8O8.Cu/c1-9-25-65-33-17-18-34(66-26-10-2)42-41(33)49-57-50(42)62-52-45-37(69-29-13-5)21-22-38(70-30-14-6)46(45)54(59-52)64-56-48-40(72-32-16-8)24-23-39(71-31-15-7)47(48)55(60-56)63-53-44-36(68-28-12-4)20-19-35(67-27-11-3)43(44)51(58-53)61-49;/h17-24H,9-16,25-32H2,1-8H3,(H2,57,58,59,60,61,62,63,64);. The molecule has 1 radical (unpaired) electrons. The first-order valence-electron chi connectivity index (χ1n) is 25.9. The van der Waals surface area contributed by atoms with Gasteiger partial charge in [0.05, 0.1) is 96.7 Å². The van der Waals surface area contributed by atoms with Crippen molar-refractivity contribution in [1.29, 1.82) is 0 Å². The van der Waals surface area contributed by atoms with Gasteiger partial charge in [0.1, 0.15) is 68.6 Å². The van der Waals surface area contributed by atoms with Crippen LogP contribution in [0.15, 0.2) is 48.5 Å². The van der Waals surface area contributed by atoms with Crippen molar-refractivity contribution in [2.24, 2.45) is 0 Å². The quantitative estimate of drug-likeness (QED) is 0.0545. The average Bonchev–Trinajstić information content (AvgIpc) is 4.16. The third-order valence-electron chi connectivity index (χ3n) is 11.8. The number of H-pyrrole nitrogens is 2. The summed E-state index contributed by atoms with van der Waals surface area (Å²) in [6.07, 6.45) is 6.27. The van der Waals surface area contributed by atoms with E-state index in [1.54, 1.807) is 0 Å². The summed E-state index contributed by atoms with van der Waals surface area (Å²) in [6.45, 7) is 20.3. The predicted octanol–water partition coefficient (Wildman–Crippen LogP) is 13.2. The number of nitrogens with one attached hydrogen (secondary N) is 2. The molecule has 0 spiro atoms. The normalized spacial score (nSPS) is 11.5. The summed E-state index contributed by atoms with van der Waals surface area (Å²) in [7, 11) is 0. The molecule has 73 heavy (non-hydrogen) atoms. The maximum atomic E-state index is 6.53.